The highest BCUT2D eigenvalue weighted by Gasteiger charge is 2.25. The van der Waals surface area contributed by atoms with Crippen LogP contribution in [-0.2, 0) is 17.6 Å². The second-order valence-electron chi connectivity index (χ2n) is 7.79. The summed E-state index contributed by atoms with van der Waals surface area (Å²) in [7, 11) is 0. The summed E-state index contributed by atoms with van der Waals surface area (Å²) in [6.07, 6.45) is 3.39. The molecule has 0 radical (unpaired) electrons. The molecule has 0 unspecified atom stereocenters. The second kappa shape index (κ2) is 8.63. The lowest BCUT2D eigenvalue weighted by Gasteiger charge is -2.17. The highest BCUT2D eigenvalue weighted by Crippen LogP contribution is 2.39. The second-order valence-corrected chi connectivity index (χ2v) is 8.90. The number of carbonyl (C=O) groups is 1. The van der Waals surface area contributed by atoms with E-state index in [-0.39, 0.29) is 11.8 Å². The molecule has 0 saturated carbocycles. The zero-order chi connectivity index (χ0) is 20.2. The maximum atomic E-state index is 13.0. The highest BCUT2D eigenvalue weighted by atomic mass is 32.1. The molecule has 0 fully saturated rings. The van der Waals surface area contributed by atoms with E-state index in [0.717, 1.165) is 41.0 Å². The van der Waals surface area contributed by atoms with E-state index in [9.17, 15) is 10.1 Å². The molecule has 3 aromatic rings. The molecule has 1 atom stereocenters. The number of benzene rings is 2. The van der Waals surface area contributed by atoms with E-state index >= 15 is 0 Å². The average molecular weight is 401 g/mol. The minimum Gasteiger partial charge on any atom is -0.317 e. The number of fused-ring (bicyclic) bond motifs is 1. The number of carbonyl (C=O) groups excluding carboxylic acids is 1. The number of nitrogens with zero attached hydrogens (tertiary/aromatic N) is 1. The van der Waals surface area contributed by atoms with Crippen LogP contribution >= 0.6 is 11.3 Å². The first kappa shape index (κ1) is 19.4. The van der Waals surface area contributed by atoms with E-state index in [0.29, 0.717) is 17.9 Å². The van der Waals surface area contributed by atoms with Crippen molar-refractivity contribution in [1.82, 2.24) is 0 Å². The van der Waals surface area contributed by atoms with Gasteiger partial charge in [-0.2, -0.15) is 5.26 Å². The van der Waals surface area contributed by atoms with Gasteiger partial charge in [0.25, 0.3) is 0 Å². The Hall–Kier alpha value is -2.90. The summed E-state index contributed by atoms with van der Waals surface area (Å²) in [6, 6.07) is 22.6. The van der Waals surface area contributed by atoms with Gasteiger partial charge in [-0.05, 0) is 41.9 Å². The predicted octanol–water partition coefficient (Wildman–Crippen LogP) is 5.91. The van der Waals surface area contributed by atoms with Crippen LogP contribution in [0.1, 0.15) is 52.8 Å². The van der Waals surface area contributed by atoms with Gasteiger partial charge in [-0.25, -0.2) is 0 Å². The predicted molar refractivity (Wildman–Crippen MR) is 118 cm³/mol. The highest BCUT2D eigenvalue weighted by molar-refractivity contribution is 7.16. The Balaban J connectivity index is 1.57. The summed E-state index contributed by atoms with van der Waals surface area (Å²) in [4.78, 5) is 14.3. The van der Waals surface area contributed by atoms with Crippen LogP contribution in [0.25, 0.3) is 0 Å². The molecule has 0 saturated heterocycles. The number of hydrogen-bond acceptors (Lipinski definition) is 3. The molecule has 1 aliphatic carbocycles. The van der Waals surface area contributed by atoms with Gasteiger partial charge in [0.2, 0.25) is 5.91 Å². The van der Waals surface area contributed by atoms with Crippen molar-refractivity contribution >= 4 is 22.2 Å². The summed E-state index contributed by atoms with van der Waals surface area (Å²) in [5, 5.41) is 13.5. The van der Waals surface area contributed by atoms with Gasteiger partial charge < -0.3 is 5.32 Å². The minimum atomic E-state index is -0.0501. The average Bonchev–Trinajstić information content (AvgIpc) is 3.09. The molecule has 29 heavy (non-hydrogen) atoms. The molecule has 1 N–H and O–H groups in total. The van der Waals surface area contributed by atoms with Crippen molar-refractivity contribution in [2.24, 2.45) is 5.92 Å². The van der Waals surface area contributed by atoms with Crippen molar-refractivity contribution in [2.45, 2.75) is 38.5 Å². The van der Waals surface area contributed by atoms with Crippen LogP contribution in [0.4, 0.5) is 5.00 Å². The van der Waals surface area contributed by atoms with E-state index in [1.54, 1.807) is 11.3 Å². The zero-order valence-corrected chi connectivity index (χ0v) is 17.3. The first-order valence-corrected chi connectivity index (χ1v) is 10.9. The van der Waals surface area contributed by atoms with Crippen molar-refractivity contribution in [3.05, 3.63) is 87.8 Å². The molecule has 1 amide bonds. The molecular weight excluding hydrogens is 376 g/mol. The lowest BCUT2D eigenvalue weighted by molar-refractivity contribution is -0.116. The van der Waals surface area contributed by atoms with Crippen LogP contribution in [0.3, 0.4) is 0 Å². The van der Waals surface area contributed by atoms with E-state index in [4.69, 9.17) is 0 Å². The monoisotopic (exact) mass is 400 g/mol. The number of hydrogen-bond donors (Lipinski definition) is 1. The summed E-state index contributed by atoms with van der Waals surface area (Å²) in [5.41, 5.74) is 4.05. The van der Waals surface area contributed by atoms with Gasteiger partial charge in [0, 0.05) is 17.2 Å². The molecule has 4 heteroatoms. The van der Waals surface area contributed by atoms with Crippen LogP contribution in [0.5, 0.6) is 0 Å². The smallest absolute Gasteiger partial charge is 0.225 e. The summed E-state index contributed by atoms with van der Waals surface area (Å²) in [5.74, 6) is 0.570. The van der Waals surface area contributed by atoms with Crippen molar-refractivity contribution in [3.63, 3.8) is 0 Å². The molecule has 1 aromatic heterocycles. The van der Waals surface area contributed by atoms with Gasteiger partial charge in [-0.3, -0.25) is 4.79 Å². The van der Waals surface area contributed by atoms with Gasteiger partial charge in [0.1, 0.15) is 11.1 Å². The standard InChI is InChI=1S/C25H24N2OS/c1-17-12-13-20-22(16-26)25(29-23(20)14-17)27-24(28)15-21(18-8-4-2-5-9-18)19-10-6-3-7-11-19/h2-11,17,21H,12-15H2,1H3,(H,27,28)/t17-/m0/s1. The molecule has 4 rings (SSSR count). The fraction of sp³-hybridized carbons (Fsp3) is 0.280. The molecule has 0 spiro atoms. The Morgan fingerprint density at radius 1 is 1.14 bits per heavy atom. The maximum Gasteiger partial charge on any atom is 0.225 e. The molecule has 1 aliphatic rings. The number of nitriles is 1. The fourth-order valence-corrected chi connectivity index (χ4v) is 5.50. The molecule has 3 nitrogen and oxygen atoms in total. The molecule has 1 heterocycles. The van der Waals surface area contributed by atoms with Gasteiger partial charge in [-0.1, -0.05) is 67.6 Å². The van der Waals surface area contributed by atoms with Crippen LogP contribution < -0.4 is 5.32 Å². The number of nitrogens with one attached hydrogen (secondary N) is 1. The van der Waals surface area contributed by atoms with Crippen LogP contribution in [0.2, 0.25) is 0 Å². The van der Waals surface area contributed by atoms with Gasteiger partial charge in [0.05, 0.1) is 5.56 Å². The van der Waals surface area contributed by atoms with Crippen molar-refractivity contribution in [3.8, 4) is 6.07 Å². The summed E-state index contributed by atoms with van der Waals surface area (Å²) in [6.45, 7) is 2.25. The van der Waals surface area contributed by atoms with Crippen molar-refractivity contribution in [1.29, 1.82) is 5.26 Å². The third-order valence-corrected chi connectivity index (χ3v) is 6.84. The summed E-state index contributed by atoms with van der Waals surface area (Å²) < 4.78 is 0. The molecule has 146 valence electrons. The van der Waals surface area contributed by atoms with E-state index in [1.165, 1.54) is 4.88 Å². The Morgan fingerprint density at radius 3 is 2.34 bits per heavy atom. The SMILES string of the molecule is C[C@H]1CCc2c(sc(NC(=O)CC(c3ccccc3)c3ccccc3)c2C#N)C1. The number of rotatable bonds is 5. The Kier molecular flexibility index (Phi) is 5.78. The van der Waals surface area contributed by atoms with E-state index in [2.05, 4.69) is 42.6 Å². The van der Waals surface area contributed by atoms with E-state index < -0.39 is 0 Å². The topological polar surface area (TPSA) is 52.9 Å². The van der Waals surface area contributed by atoms with Crippen LogP contribution in [0, 0.1) is 17.2 Å². The molecule has 0 bridgehead atoms. The van der Waals surface area contributed by atoms with Gasteiger partial charge in [-0.15, -0.1) is 11.3 Å². The third kappa shape index (κ3) is 4.26. The largest absolute Gasteiger partial charge is 0.317 e. The minimum absolute atomic E-state index is 0.0162. The Labute approximate surface area is 176 Å². The Bertz CT molecular complexity index is 994. The third-order valence-electron chi connectivity index (χ3n) is 5.67. The van der Waals surface area contributed by atoms with Gasteiger partial charge >= 0.3 is 0 Å². The normalized spacial score (nSPS) is 15.6. The lowest BCUT2D eigenvalue weighted by atomic mass is 9.88. The van der Waals surface area contributed by atoms with Crippen LogP contribution in [0.15, 0.2) is 60.7 Å². The number of anilines is 1. The number of amides is 1. The lowest BCUT2D eigenvalue weighted by Crippen LogP contribution is -2.16. The Morgan fingerprint density at radius 2 is 1.76 bits per heavy atom. The molecular formula is C25H24N2OS. The quantitative estimate of drug-likeness (QED) is 0.579. The van der Waals surface area contributed by atoms with Crippen molar-refractivity contribution < 1.29 is 4.79 Å². The molecule has 0 aliphatic heterocycles. The van der Waals surface area contributed by atoms with Gasteiger partial charge in [0.15, 0.2) is 0 Å². The van der Waals surface area contributed by atoms with E-state index in [1.807, 2.05) is 36.4 Å². The molecule has 2 aromatic carbocycles. The fourth-order valence-electron chi connectivity index (χ4n) is 4.12. The van der Waals surface area contributed by atoms with Crippen LogP contribution in [-0.4, -0.2) is 5.91 Å². The maximum absolute atomic E-state index is 13.0. The first-order chi connectivity index (χ1) is 14.2. The zero-order valence-electron chi connectivity index (χ0n) is 16.5. The van der Waals surface area contributed by atoms with Crippen molar-refractivity contribution in [2.75, 3.05) is 5.32 Å². The summed E-state index contributed by atoms with van der Waals surface area (Å²) >= 11 is 1.58. The number of thiophene rings is 1. The first-order valence-electron chi connectivity index (χ1n) is 10.1.